The topological polar surface area (TPSA) is 55.2 Å². The molecule has 0 aliphatic rings. The Morgan fingerprint density at radius 1 is 1.27 bits per heavy atom. The highest BCUT2D eigenvalue weighted by Crippen LogP contribution is 2.35. The number of hydrogen-bond donors (Lipinski definition) is 0. The summed E-state index contributed by atoms with van der Waals surface area (Å²) in [5.74, 6) is 0.599. The first-order valence-corrected chi connectivity index (χ1v) is 7.70. The van der Waals surface area contributed by atoms with Gasteiger partial charge < -0.3 is 9.47 Å². The number of imidazole rings is 1. The fourth-order valence-corrected chi connectivity index (χ4v) is 2.98. The molecule has 0 aliphatic carbocycles. The summed E-state index contributed by atoms with van der Waals surface area (Å²) in [7, 11) is -2.15. The van der Waals surface area contributed by atoms with Crippen LogP contribution < -0.4 is 4.90 Å². The second-order valence-corrected chi connectivity index (χ2v) is 6.64. The lowest BCUT2D eigenvalue weighted by atomic mass is 10.3. The molecule has 22 heavy (non-hydrogen) atoms. The van der Waals surface area contributed by atoms with E-state index < -0.39 is 20.2 Å². The molecule has 0 fully saturated rings. The summed E-state index contributed by atoms with van der Waals surface area (Å²) in [6, 6.07) is 5.03. The number of halogens is 3. The Hall–Kier alpha value is -2.03. The first kappa shape index (κ1) is 16.3. The van der Waals surface area contributed by atoms with E-state index in [0.717, 1.165) is 6.07 Å². The van der Waals surface area contributed by atoms with Gasteiger partial charge in [-0.3, -0.25) is 0 Å². The molecule has 1 heterocycles. The monoisotopic (exact) mass is 333 g/mol. The molecule has 0 bridgehead atoms. The smallest absolute Gasteiger partial charge is 0.366 e. The van der Waals surface area contributed by atoms with E-state index in [-0.39, 0.29) is 12.2 Å². The average molecular weight is 333 g/mol. The van der Waals surface area contributed by atoms with Crippen LogP contribution in [-0.2, 0) is 23.4 Å². The molecule has 1 aromatic heterocycles. The van der Waals surface area contributed by atoms with E-state index in [1.165, 1.54) is 30.1 Å². The summed E-state index contributed by atoms with van der Waals surface area (Å²) in [5.41, 5.74) is -5.37. The van der Waals surface area contributed by atoms with Gasteiger partial charge in [0.05, 0.1) is 17.1 Å². The van der Waals surface area contributed by atoms with Crippen LogP contribution in [0.3, 0.4) is 0 Å². The maximum absolute atomic E-state index is 12.8. The van der Waals surface area contributed by atoms with E-state index in [1.54, 1.807) is 24.0 Å². The molecule has 120 valence electrons. The second-order valence-electron chi connectivity index (χ2n) is 4.73. The third-order valence-corrected chi connectivity index (χ3v) is 4.70. The largest absolute Gasteiger partial charge is 0.501 e. The quantitative estimate of drug-likeness (QED) is 0.862. The predicted octanol–water partition coefficient (Wildman–Crippen LogP) is 2.35. The van der Waals surface area contributed by atoms with Crippen LogP contribution in [-0.4, -0.2) is 30.5 Å². The van der Waals surface area contributed by atoms with E-state index in [9.17, 15) is 21.6 Å². The maximum Gasteiger partial charge on any atom is 0.501 e. The van der Waals surface area contributed by atoms with Crippen molar-refractivity contribution in [3.05, 3.63) is 42.5 Å². The number of sulfone groups is 1. The predicted molar refractivity (Wildman–Crippen MR) is 75.0 cm³/mol. The van der Waals surface area contributed by atoms with Crippen LogP contribution in [0.4, 0.5) is 18.9 Å². The highest BCUT2D eigenvalue weighted by atomic mass is 32.2. The zero-order chi connectivity index (χ0) is 16.5. The van der Waals surface area contributed by atoms with E-state index in [1.807, 2.05) is 0 Å². The van der Waals surface area contributed by atoms with Gasteiger partial charge in [0.1, 0.15) is 5.82 Å². The third kappa shape index (κ3) is 2.94. The molecule has 2 rings (SSSR count). The minimum absolute atomic E-state index is 0.0252. The fourth-order valence-electron chi connectivity index (χ4n) is 1.97. The molecule has 0 atom stereocenters. The van der Waals surface area contributed by atoms with Gasteiger partial charge in [-0.25, -0.2) is 13.4 Å². The standard InChI is InChI=1S/C13H14F3N3O2S/c1-18-8-7-17-12(18)9-19(2)10-5-3-4-6-11(10)22(20,21)13(14,15)16/h3-8H,9H2,1-2H3. The van der Waals surface area contributed by atoms with Crippen molar-refractivity contribution in [2.24, 2.45) is 7.05 Å². The Bertz CT molecular complexity index is 769. The van der Waals surface area contributed by atoms with E-state index >= 15 is 0 Å². The highest BCUT2D eigenvalue weighted by Gasteiger charge is 2.48. The fraction of sp³-hybridized carbons (Fsp3) is 0.308. The SMILES string of the molecule is CN(Cc1nccn1C)c1ccccc1S(=O)(=O)C(F)(F)F. The summed E-state index contributed by atoms with van der Waals surface area (Å²) in [4.78, 5) is 4.72. The number of rotatable bonds is 4. The molecule has 0 amide bonds. The molecule has 1 aromatic carbocycles. The molecule has 5 nitrogen and oxygen atoms in total. The van der Waals surface area contributed by atoms with Gasteiger partial charge in [-0.15, -0.1) is 0 Å². The van der Waals surface area contributed by atoms with Gasteiger partial charge in [0.25, 0.3) is 9.84 Å². The van der Waals surface area contributed by atoms with Crippen molar-refractivity contribution in [3.63, 3.8) is 0 Å². The summed E-state index contributed by atoms with van der Waals surface area (Å²) in [6.45, 7) is 0.174. The van der Waals surface area contributed by atoms with E-state index in [4.69, 9.17) is 0 Å². The Morgan fingerprint density at radius 3 is 2.45 bits per heavy atom. The van der Waals surface area contributed by atoms with Gasteiger partial charge in [-0.05, 0) is 12.1 Å². The van der Waals surface area contributed by atoms with Crippen molar-refractivity contribution in [2.75, 3.05) is 11.9 Å². The van der Waals surface area contributed by atoms with Crippen LogP contribution in [0, 0.1) is 0 Å². The zero-order valence-electron chi connectivity index (χ0n) is 11.9. The van der Waals surface area contributed by atoms with Crippen LogP contribution in [0.15, 0.2) is 41.6 Å². The number of alkyl halides is 3. The molecule has 0 unspecified atom stereocenters. The van der Waals surface area contributed by atoms with Crippen molar-refractivity contribution in [2.45, 2.75) is 16.9 Å². The van der Waals surface area contributed by atoms with Crippen LogP contribution in [0.25, 0.3) is 0 Å². The van der Waals surface area contributed by atoms with E-state index in [0.29, 0.717) is 5.82 Å². The first-order chi connectivity index (χ1) is 10.1. The molecule has 9 heteroatoms. The zero-order valence-corrected chi connectivity index (χ0v) is 12.7. The summed E-state index contributed by atoms with van der Waals surface area (Å²) >= 11 is 0. The first-order valence-electron chi connectivity index (χ1n) is 6.22. The third-order valence-electron chi connectivity index (χ3n) is 3.17. The second kappa shape index (κ2) is 5.64. The minimum Gasteiger partial charge on any atom is -0.366 e. The Labute approximate surface area is 125 Å². The minimum atomic E-state index is -5.41. The normalized spacial score (nSPS) is 12.4. The lowest BCUT2D eigenvalue weighted by molar-refractivity contribution is -0.0435. The van der Waals surface area contributed by atoms with Crippen molar-refractivity contribution in [3.8, 4) is 0 Å². The lowest BCUT2D eigenvalue weighted by Crippen LogP contribution is -2.27. The lowest BCUT2D eigenvalue weighted by Gasteiger charge is -2.22. The molecule has 0 aliphatic heterocycles. The van der Waals surface area contributed by atoms with Gasteiger partial charge in [-0.1, -0.05) is 12.1 Å². The summed E-state index contributed by atoms with van der Waals surface area (Å²) in [5, 5.41) is 0. The number of benzene rings is 1. The van der Waals surface area contributed by atoms with Gasteiger partial charge in [0, 0.05) is 26.5 Å². The van der Waals surface area contributed by atoms with Crippen molar-refractivity contribution < 1.29 is 21.6 Å². The number of aromatic nitrogens is 2. The Morgan fingerprint density at radius 2 is 1.91 bits per heavy atom. The highest BCUT2D eigenvalue weighted by molar-refractivity contribution is 7.92. The van der Waals surface area contributed by atoms with Crippen molar-refractivity contribution in [1.29, 1.82) is 0 Å². The maximum atomic E-state index is 12.8. The number of hydrogen-bond acceptors (Lipinski definition) is 4. The van der Waals surface area contributed by atoms with Crippen LogP contribution in [0.5, 0.6) is 0 Å². The van der Waals surface area contributed by atoms with E-state index in [2.05, 4.69) is 4.98 Å². The molecule has 0 radical (unpaired) electrons. The number of anilines is 1. The molecule has 0 spiro atoms. The van der Waals surface area contributed by atoms with Crippen molar-refractivity contribution >= 4 is 15.5 Å². The summed E-state index contributed by atoms with van der Waals surface area (Å²) < 4.78 is 63.4. The number of aryl methyl sites for hydroxylation is 1. The van der Waals surface area contributed by atoms with Crippen LogP contribution >= 0.6 is 0 Å². The molecular formula is C13H14F3N3O2S. The molecule has 0 saturated heterocycles. The number of para-hydroxylation sites is 1. The molecule has 0 N–H and O–H groups in total. The van der Waals surface area contributed by atoms with Gasteiger partial charge in [0.15, 0.2) is 0 Å². The molecular weight excluding hydrogens is 319 g/mol. The van der Waals surface area contributed by atoms with Gasteiger partial charge in [-0.2, -0.15) is 13.2 Å². The molecule has 0 saturated carbocycles. The molecule has 2 aromatic rings. The Balaban J connectivity index is 2.43. The van der Waals surface area contributed by atoms with Crippen LogP contribution in [0.1, 0.15) is 5.82 Å². The number of nitrogens with zero attached hydrogens (tertiary/aromatic N) is 3. The van der Waals surface area contributed by atoms with Crippen LogP contribution in [0.2, 0.25) is 0 Å². The average Bonchev–Trinajstić information content (AvgIpc) is 2.83. The Kier molecular flexibility index (Phi) is 4.19. The van der Waals surface area contributed by atoms with Gasteiger partial charge >= 0.3 is 5.51 Å². The summed E-state index contributed by atoms with van der Waals surface area (Å²) in [6.07, 6.45) is 3.25. The van der Waals surface area contributed by atoms with Gasteiger partial charge in [0.2, 0.25) is 0 Å². The van der Waals surface area contributed by atoms with Crippen molar-refractivity contribution in [1.82, 2.24) is 9.55 Å².